The third-order valence-electron chi connectivity index (χ3n) is 5.15. The van der Waals surface area contributed by atoms with Crippen LogP contribution in [0.1, 0.15) is 47.7 Å². The van der Waals surface area contributed by atoms with E-state index in [0.717, 1.165) is 17.1 Å². The molecule has 29 heavy (non-hydrogen) atoms. The maximum atomic E-state index is 11.4. The Kier molecular flexibility index (Phi) is 5.07. The molecular formula is C22H22N4O2S. The van der Waals surface area contributed by atoms with Crippen molar-refractivity contribution >= 4 is 23.3 Å². The molecule has 4 rings (SSSR count). The highest BCUT2D eigenvalue weighted by molar-refractivity contribution is 7.80. The van der Waals surface area contributed by atoms with E-state index in [0.29, 0.717) is 5.11 Å². The Morgan fingerprint density at radius 1 is 1.17 bits per heavy atom. The van der Waals surface area contributed by atoms with Crippen LogP contribution < -0.4 is 5.32 Å². The molecule has 1 fully saturated rings. The van der Waals surface area contributed by atoms with Gasteiger partial charge in [-0.2, -0.15) is 0 Å². The lowest BCUT2D eigenvalue weighted by Gasteiger charge is -2.31. The minimum atomic E-state index is -0.945. The third-order valence-corrected chi connectivity index (χ3v) is 5.47. The fourth-order valence-electron chi connectivity index (χ4n) is 3.90. The molecular weight excluding hydrogens is 384 g/mol. The van der Waals surface area contributed by atoms with Crippen LogP contribution in [0.3, 0.4) is 0 Å². The summed E-state index contributed by atoms with van der Waals surface area (Å²) >= 11 is 5.66. The summed E-state index contributed by atoms with van der Waals surface area (Å²) in [7, 11) is 0. The number of hydrogen-bond acceptors (Lipinski definition) is 3. The van der Waals surface area contributed by atoms with E-state index in [2.05, 4.69) is 35.1 Å². The fourth-order valence-corrected chi connectivity index (χ4v) is 4.35. The van der Waals surface area contributed by atoms with E-state index in [9.17, 15) is 9.90 Å². The minimum Gasteiger partial charge on any atom is -0.478 e. The number of rotatable bonds is 5. The second-order valence-electron chi connectivity index (χ2n) is 7.29. The first-order valence-electron chi connectivity index (χ1n) is 9.48. The molecule has 2 N–H and O–H groups in total. The lowest BCUT2D eigenvalue weighted by molar-refractivity contribution is 0.0697. The lowest BCUT2D eigenvalue weighted by atomic mass is 10.00. The third kappa shape index (κ3) is 3.49. The van der Waals surface area contributed by atoms with Crippen LogP contribution in [-0.4, -0.2) is 36.7 Å². The van der Waals surface area contributed by atoms with E-state index in [1.165, 1.54) is 0 Å². The number of carboxylic acids is 1. The molecule has 0 aliphatic carbocycles. The summed E-state index contributed by atoms with van der Waals surface area (Å²) in [4.78, 5) is 18.2. The van der Waals surface area contributed by atoms with Gasteiger partial charge in [0.05, 0.1) is 23.3 Å². The topological polar surface area (TPSA) is 70.4 Å². The van der Waals surface area contributed by atoms with E-state index in [4.69, 9.17) is 12.2 Å². The zero-order valence-corrected chi connectivity index (χ0v) is 17.0. The van der Waals surface area contributed by atoms with E-state index in [1.807, 2.05) is 41.1 Å². The summed E-state index contributed by atoms with van der Waals surface area (Å²) in [6, 6.07) is 16.8. The molecule has 1 aliphatic rings. The molecule has 0 bridgehead atoms. The van der Waals surface area contributed by atoms with Gasteiger partial charge >= 0.3 is 5.97 Å². The van der Waals surface area contributed by atoms with Crippen LogP contribution in [0.2, 0.25) is 0 Å². The number of aromatic nitrogens is 2. The van der Waals surface area contributed by atoms with Crippen LogP contribution >= 0.6 is 12.2 Å². The predicted molar refractivity (Wildman–Crippen MR) is 115 cm³/mol. The van der Waals surface area contributed by atoms with E-state index in [-0.39, 0.29) is 23.7 Å². The summed E-state index contributed by atoms with van der Waals surface area (Å²) in [5.41, 5.74) is 2.98. The number of carboxylic acid groups (broad SMARTS) is 1. The Bertz CT molecular complexity index is 1050. The summed E-state index contributed by atoms with van der Waals surface area (Å²) in [5, 5.41) is 13.5. The van der Waals surface area contributed by atoms with Gasteiger partial charge in [0.2, 0.25) is 0 Å². The van der Waals surface area contributed by atoms with Crippen molar-refractivity contribution < 1.29 is 9.90 Å². The lowest BCUT2D eigenvalue weighted by Crippen LogP contribution is -2.36. The normalized spacial score (nSPS) is 18.9. The Hall–Kier alpha value is -3.19. The SMILES string of the molecule is CC(C)N1C(=S)N[C@H](c2ccccn2)[C@@H]1c1cccn1-c1cccc(C(=O)O)c1. The van der Waals surface area contributed by atoms with Gasteiger partial charge in [0, 0.05) is 29.8 Å². The molecule has 0 unspecified atom stereocenters. The van der Waals surface area contributed by atoms with E-state index < -0.39 is 5.97 Å². The molecule has 7 heteroatoms. The Morgan fingerprint density at radius 3 is 2.69 bits per heavy atom. The van der Waals surface area contributed by atoms with Crippen molar-refractivity contribution in [3.8, 4) is 5.69 Å². The Labute approximate surface area is 174 Å². The molecule has 3 aromatic rings. The van der Waals surface area contributed by atoms with Crippen LogP contribution in [0.15, 0.2) is 67.0 Å². The molecule has 2 aromatic heterocycles. The highest BCUT2D eigenvalue weighted by atomic mass is 32.1. The summed E-state index contributed by atoms with van der Waals surface area (Å²) in [6.07, 6.45) is 3.73. The smallest absolute Gasteiger partial charge is 0.335 e. The first-order chi connectivity index (χ1) is 14.0. The predicted octanol–water partition coefficient (Wildman–Crippen LogP) is 3.95. The van der Waals surface area contributed by atoms with Crippen molar-refractivity contribution in [1.29, 1.82) is 0 Å². The quantitative estimate of drug-likeness (QED) is 0.625. The zero-order valence-electron chi connectivity index (χ0n) is 16.2. The monoisotopic (exact) mass is 406 g/mol. The van der Waals surface area contributed by atoms with Gasteiger partial charge < -0.3 is 19.9 Å². The molecule has 3 heterocycles. The number of nitrogens with one attached hydrogen (secondary N) is 1. The molecule has 148 valence electrons. The highest BCUT2D eigenvalue weighted by Crippen LogP contribution is 2.40. The maximum Gasteiger partial charge on any atom is 0.335 e. The van der Waals surface area contributed by atoms with Gasteiger partial charge in [-0.15, -0.1) is 0 Å². The average Bonchev–Trinajstić information content (AvgIpc) is 3.32. The van der Waals surface area contributed by atoms with Crippen LogP contribution in [0.5, 0.6) is 0 Å². The average molecular weight is 407 g/mol. The first-order valence-corrected chi connectivity index (χ1v) is 9.89. The van der Waals surface area contributed by atoms with E-state index in [1.54, 1.807) is 24.4 Å². The number of nitrogens with zero attached hydrogens (tertiary/aromatic N) is 3. The van der Waals surface area contributed by atoms with Crippen LogP contribution in [0.4, 0.5) is 0 Å². The number of aromatic carboxylic acids is 1. The Balaban J connectivity index is 1.83. The standard InChI is InChI=1S/C22H22N4O2S/c1-14(2)26-20(19(24-22(26)29)17-9-3-4-11-23-17)18-10-6-12-25(18)16-8-5-7-15(13-16)21(27)28/h3-14,19-20H,1-2H3,(H,24,29)(H,27,28)/t19-,20+/m1/s1. The Morgan fingerprint density at radius 2 is 2.00 bits per heavy atom. The molecule has 0 amide bonds. The number of carbonyl (C=O) groups is 1. The van der Waals surface area contributed by atoms with Gasteiger partial charge in [-0.3, -0.25) is 4.98 Å². The maximum absolute atomic E-state index is 11.4. The van der Waals surface area contributed by atoms with Crippen molar-refractivity contribution in [3.05, 3.63) is 83.9 Å². The molecule has 0 radical (unpaired) electrons. The van der Waals surface area contributed by atoms with Gasteiger partial charge in [-0.1, -0.05) is 12.1 Å². The van der Waals surface area contributed by atoms with Gasteiger partial charge in [0.15, 0.2) is 5.11 Å². The van der Waals surface area contributed by atoms with Gasteiger partial charge in [-0.25, -0.2) is 4.79 Å². The van der Waals surface area contributed by atoms with Gasteiger partial charge in [0.1, 0.15) is 0 Å². The first kappa shape index (κ1) is 19.1. The molecule has 1 aromatic carbocycles. The highest BCUT2D eigenvalue weighted by Gasteiger charge is 2.42. The van der Waals surface area contributed by atoms with Crippen molar-refractivity contribution in [2.75, 3.05) is 0 Å². The van der Waals surface area contributed by atoms with Crippen LogP contribution in [0, 0.1) is 0 Å². The summed E-state index contributed by atoms with van der Waals surface area (Å²) in [5.74, 6) is -0.945. The second kappa shape index (κ2) is 7.67. The van der Waals surface area contributed by atoms with Gasteiger partial charge in [0.25, 0.3) is 0 Å². The van der Waals surface area contributed by atoms with Crippen molar-refractivity contribution in [3.63, 3.8) is 0 Å². The minimum absolute atomic E-state index is 0.0825. The molecule has 0 saturated carbocycles. The van der Waals surface area contributed by atoms with Gasteiger partial charge in [-0.05, 0) is 68.5 Å². The number of hydrogen-bond donors (Lipinski definition) is 2. The molecule has 1 saturated heterocycles. The molecule has 6 nitrogen and oxygen atoms in total. The van der Waals surface area contributed by atoms with Crippen molar-refractivity contribution in [2.24, 2.45) is 0 Å². The van der Waals surface area contributed by atoms with Crippen LogP contribution in [0.25, 0.3) is 5.69 Å². The molecule has 0 spiro atoms. The second-order valence-corrected chi connectivity index (χ2v) is 7.67. The van der Waals surface area contributed by atoms with Crippen LogP contribution in [-0.2, 0) is 0 Å². The largest absolute Gasteiger partial charge is 0.478 e. The number of benzene rings is 1. The number of pyridine rings is 1. The molecule has 1 aliphatic heterocycles. The zero-order chi connectivity index (χ0) is 20.5. The number of thiocarbonyl (C=S) groups is 1. The van der Waals surface area contributed by atoms with Crippen molar-refractivity contribution in [1.82, 2.24) is 19.8 Å². The summed E-state index contributed by atoms with van der Waals surface area (Å²) < 4.78 is 2.03. The molecule has 2 atom stereocenters. The fraction of sp³-hybridized carbons (Fsp3) is 0.227. The van der Waals surface area contributed by atoms with Crippen molar-refractivity contribution in [2.45, 2.75) is 32.0 Å². The summed E-state index contributed by atoms with van der Waals surface area (Å²) in [6.45, 7) is 4.22. The van der Waals surface area contributed by atoms with E-state index >= 15 is 0 Å².